The lowest BCUT2D eigenvalue weighted by Gasteiger charge is -2.08. The minimum absolute atomic E-state index is 0.00368. The highest BCUT2D eigenvalue weighted by atomic mass is 16.6. The van der Waals surface area contributed by atoms with Crippen molar-refractivity contribution < 1.29 is 15.1 Å². The van der Waals surface area contributed by atoms with Crippen LogP contribution >= 0.6 is 0 Å². The first-order valence-electron chi connectivity index (χ1n) is 7.33. The Kier molecular flexibility index (Phi) is 4.16. The van der Waals surface area contributed by atoms with Crippen LogP contribution in [0, 0.1) is 0 Å². The number of phenolic OH excluding ortho intramolecular Hbond substituents is 2. The van der Waals surface area contributed by atoms with Gasteiger partial charge in [-0.25, -0.2) is 0 Å². The molecule has 3 rings (SSSR count). The Hall–Kier alpha value is -3.34. The molecule has 120 valence electrons. The zero-order valence-electron chi connectivity index (χ0n) is 13.1. The van der Waals surface area contributed by atoms with Crippen LogP contribution in [0.1, 0.15) is 18.2 Å². The van der Waals surface area contributed by atoms with Crippen LogP contribution < -0.4 is 0 Å². The summed E-state index contributed by atoms with van der Waals surface area (Å²) in [7, 11) is 0. The Morgan fingerprint density at radius 3 is 2.75 bits per heavy atom. The summed E-state index contributed by atoms with van der Waals surface area (Å²) in [6.45, 7) is 5.52. The Morgan fingerprint density at radius 1 is 1.12 bits per heavy atom. The van der Waals surface area contributed by atoms with Crippen LogP contribution in [-0.2, 0) is 4.84 Å². The molecule has 0 aliphatic heterocycles. The predicted molar refractivity (Wildman–Crippen MR) is 93.8 cm³/mol. The van der Waals surface area contributed by atoms with Crippen LogP contribution in [0.15, 0.2) is 66.5 Å². The van der Waals surface area contributed by atoms with Gasteiger partial charge in [0.05, 0.1) is 11.3 Å². The molecule has 1 heterocycles. The van der Waals surface area contributed by atoms with Crippen molar-refractivity contribution in [1.82, 2.24) is 4.98 Å². The first-order chi connectivity index (χ1) is 11.6. The summed E-state index contributed by atoms with van der Waals surface area (Å²) in [4.78, 5) is 9.67. The van der Waals surface area contributed by atoms with E-state index >= 15 is 0 Å². The molecule has 0 spiro atoms. The van der Waals surface area contributed by atoms with E-state index in [9.17, 15) is 10.2 Å². The fourth-order valence-electron chi connectivity index (χ4n) is 2.37. The second-order valence-corrected chi connectivity index (χ2v) is 5.27. The Bertz CT molecular complexity index is 943. The third kappa shape index (κ3) is 3.05. The molecule has 24 heavy (non-hydrogen) atoms. The standard InChI is InChI=1S/C19H16N2O3/c1-12(19-16-6-4-3-5-14(16)9-10-20-19)21-24-13(2)17-11-15(22)7-8-18(17)23/h3-11,22-23H,2H2,1H3/b21-12+. The number of aromatic nitrogens is 1. The van der Waals surface area contributed by atoms with Crippen molar-refractivity contribution in [3.63, 3.8) is 0 Å². The summed E-state index contributed by atoms with van der Waals surface area (Å²) in [5.74, 6) is 0.0842. The van der Waals surface area contributed by atoms with Gasteiger partial charge in [-0.2, -0.15) is 0 Å². The van der Waals surface area contributed by atoms with Crippen molar-refractivity contribution in [2.24, 2.45) is 5.16 Å². The first-order valence-corrected chi connectivity index (χ1v) is 7.33. The Labute approximate surface area is 139 Å². The molecule has 0 aliphatic rings. The number of nitrogens with zero attached hydrogens (tertiary/aromatic N) is 2. The molecule has 0 radical (unpaired) electrons. The second kappa shape index (κ2) is 6.42. The highest BCUT2D eigenvalue weighted by Crippen LogP contribution is 2.28. The highest BCUT2D eigenvalue weighted by Gasteiger charge is 2.10. The quantitative estimate of drug-likeness (QED) is 0.329. The molecule has 2 N–H and O–H groups in total. The van der Waals surface area contributed by atoms with Crippen LogP contribution in [-0.4, -0.2) is 20.9 Å². The molecule has 3 aromatic rings. The van der Waals surface area contributed by atoms with Gasteiger partial charge >= 0.3 is 0 Å². The number of oxime groups is 1. The maximum Gasteiger partial charge on any atom is 0.161 e. The summed E-state index contributed by atoms with van der Waals surface area (Å²) in [5, 5.41) is 25.4. The van der Waals surface area contributed by atoms with Crippen molar-refractivity contribution in [3.8, 4) is 11.5 Å². The van der Waals surface area contributed by atoms with E-state index in [4.69, 9.17) is 4.84 Å². The summed E-state index contributed by atoms with van der Waals surface area (Å²) >= 11 is 0. The van der Waals surface area contributed by atoms with Crippen molar-refractivity contribution in [3.05, 3.63) is 72.6 Å². The molecule has 5 nitrogen and oxygen atoms in total. The van der Waals surface area contributed by atoms with Crippen molar-refractivity contribution >= 4 is 22.2 Å². The normalized spacial score (nSPS) is 11.5. The van der Waals surface area contributed by atoms with Gasteiger partial charge in [-0.1, -0.05) is 36.0 Å². The average molecular weight is 320 g/mol. The van der Waals surface area contributed by atoms with Crippen LogP contribution in [0.25, 0.3) is 16.5 Å². The largest absolute Gasteiger partial charge is 0.508 e. The molecule has 0 fully saturated rings. The fourth-order valence-corrected chi connectivity index (χ4v) is 2.37. The molecule has 0 atom stereocenters. The summed E-state index contributed by atoms with van der Waals surface area (Å²) in [6.07, 6.45) is 1.71. The molecule has 0 aliphatic carbocycles. The van der Waals surface area contributed by atoms with Gasteiger partial charge in [-0.05, 0) is 36.6 Å². The lowest BCUT2D eigenvalue weighted by Crippen LogP contribution is -2.01. The third-order valence-corrected chi connectivity index (χ3v) is 3.59. The van der Waals surface area contributed by atoms with Gasteiger partial charge in [-0.3, -0.25) is 4.98 Å². The summed E-state index contributed by atoms with van der Waals surface area (Å²) in [6, 6.07) is 13.9. The average Bonchev–Trinajstić information content (AvgIpc) is 2.61. The van der Waals surface area contributed by atoms with Crippen molar-refractivity contribution in [1.29, 1.82) is 0 Å². The number of fused-ring (bicyclic) bond motifs is 1. The first kappa shape index (κ1) is 15.6. The Morgan fingerprint density at radius 2 is 1.92 bits per heavy atom. The summed E-state index contributed by atoms with van der Waals surface area (Å²) < 4.78 is 0. The molecular formula is C19H16N2O3. The van der Waals surface area contributed by atoms with Gasteiger partial charge < -0.3 is 15.1 Å². The molecule has 1 aromatic heterocycles. The van der Waals surface area contributed by atoms with Gasteiger partial charge in [0.1, 0.15) is 17.2 Å². The summed E-state index contributed by atoms with van der Waals surface area (Å²) in [5.41, 5.74) is 1.56. The number of benzene rings is 2. The maximum absolute atomic E-state index is 9.82. The zero-order valence-corrected chi connectivity index (χ0v) is 13.1. The minimum atomic E-state index is -0.0473. The minimum Gasteiger partial charge on any atom is -0.508 e. The molecule has 0 amide bonds. The molecule has 0 unspecified atom stereocenters. The maximum atomic E-state index is 9.82. The van der Waals surface area contributed by atoms with E-state index in [-0.39, 0.29) is 22.8 Å². The Balaban J connectivity index is 1.88. The molecule has 2 aromatic carbocycles. The molecule has 0 saturated heterocycles. The number of phenols is 2. The smallest absolute Gasteiger partial charge is 0.161 e. The fraction of sp³-hybridized carbons (Fsp3) is 0.0526. The van der Waals surface area contributed by atoms with E-state index in [1.165, 1.54) is 18.2 Å². The lowest BCUT2D eigenvalue weighted by atomic mass is 10.1. The SMILES string of the molecule is C=C(O/N=C(\C)c1nccc2ccccc12)c1cc(O)ccc1O. The number of rotatable bonds is 4. The lowest BCUT2D eigenvalue weighted by molar-refractivity contribution is 0.296. The number of hydrogen-bond acceptors (Lipinski definition) is 5. The monoisotopic (exact) mass is 320 g/mol. The topological polar surface area (TPSA) is 74.9 Å². The van der Waals surface area contributed by atoms with Gasteiger partial charge in [0.25, 0.3) is 0 Å². The molecular weight excluding hydrogens is 304 g/mol. The van der Waals surface area contributed by atoms with E-state index in [0.717, 1.165) is 10.8 Å². The van der Waals surface area contributed by atoms with Crippen LogP contribution in [0.3, 0.4) is 0 Å². The molecule has 0 saturated carbocycles. The van der Waals surface area contributed by atoms with E-state index < -0.39 is 0 Å². The van der Waals surface area contributed by atoms with Crippen LogP contribution in [0.2, 0.25) is 0 Å². The van der Waals surface area contributed by atoms with Crippen LogP contribution in [0.5, 0.6) is 11.5 Å². The highest BCUT2D eigenvalue weighted by molar-refractivity contribution is 6.07. The predicted octanol–water partition coefficient (Wildman–Crippen LogP) is 4.06. The van der Waals surface area contributed by atoms with E-state index in [1.807, 2.05) is 30.3 Å². The van der Waals surface area contributed by atoms with Gasteiger partial charge in [0.15, 0.2) is 5.76 Å². The van der Waals surface area contributed by atoms with Crippen LogP contribution in [0.4, 0.5) is 0 Å². The number of aromatic hydroxyl groups is 2. The number of hydrogen-bond donors (Lipinski definition) is 2. The third-order valence-electron chi connectivity index (χ3n) is 3.59. The van der Waals surface area contributed by atoms with E-state index in [2.05, 4.69) is 16.7 Å². The van der Waals surface area contributed by atoms with Gasteiger partial charge in [0, 0.05) is 11.6 Å². The number of pyridine rings is 1. The zero-order chi connectivity index (χ0) is 17.1. The van der Waals surface area contributed by atoms with E-state index in [1.54, 1.807) is 13.1 Å². The second-order valence-electron chi connectivity index (χ2n) is 5.27. The van der Waals surface area contributed by atoms with Gasteiger partial charge in [-0.15, -0.1) is 0 Å². The molecule has 5 heteroatoms. The molecule has 0 bridgehead atoms. The van der Waals surface area contributed by atoms with Crippen molar-refractivity contribution in [2.45, 2.75) is 6.92 Å². The van der Waals surface area contributed by atoms with Crippen molar-refractivity contribution in [2.75, 3.05) is 0 Å². The van der Waals surface area contributed by atoms with Gasteiger partial charge in [0.2, 0.25) is 0 Å². The van der Waals surface area contributed by atoms with E-state index in [0.29, 0.717) is 11.4 Å².